The van der Waals surface area contributed by atoms with Gasteiger partial charge >= 0.3 is 0 Å². The van der Waals surface area contributed by atoms with Crippen molar-refractivity contribution in [3.63, 3.8) is 0 Å². The average Bonchev–Trinajstić information content (AvgIpc) is 2.29. The molecule has 0 bridgehead atoms. The summed E-state index contributed by atoms with van der Waals surface area (Å²) in [6.45, 7) is 1.40. The largest absolute Gasteiger partial charge is 0.355 e. The van der Waals surface area contributed by atoms with Crippen molar-refractivity contribution < 1.29 is 9.47 Å². The minimum Gasteiger partial charge on any atom is -0.355 e. The Kier molecular flexibility index (Phi) is 6.31. The molecule has 0 aliphatic heterocycles. The molecule has 3 nitrogen and oxygen atoms in total. The van der Waals surface area contributed by atoms with Crippen molar-refractivity contribution in [3.8, 4) is 0 Å². The molecule has 0 aromatic heterocycles. The first-order chi connectivity index (χ1) is 7.67. The third-order valence-corrected chi connectivity index (χ3v) is 3.36. The fourth-order valence-corrected chi connectivity index (χ4v) is 1.79. The van der Waals surface area contributed by atoms with Crippen molar-refractivity contribution in [3.05, 3.63) is 33.3 Å². The molecular weight excluding hydrogens is 293 g/mol. The number of methoxy groups -OCH3 is 2. The van der Waals surface area contributed by atoms with Crippen LogP contribution in [0.5, 0.6) is 0 Å². The number of rotatable bonds is 6. The van der Waals surface area contributed by atoms with Crippen LogP contribution in [-0.4, -0.2) is 27.1 Å². The summed E-state index contributed by atoms with van der Waals surface area (Å²) in [5.41, 5.74) is 1.15. The molecule has 0 fully saturated rings. The lowest BCUT2D eigenvalue weighted by Gasteiger charge is -2.14. The van der Waals surface area contributed by atoms with Gasteiger partial charge in [0.2, 0.25) is 0 Å². The first kappa shape index (κ1) is 13.9. The Morgan fingerprint density at radius 1 is 1.38 bits per heavy atom. The van der Waals surface area contributed by atoms with Crippen molar-refractivity contribution in [1.29, 1.82) is 0 Å². The molecular formula is C11H15BrClNO2. The van der Waals surface area contributed by atoms with E-state index in [0.29, 0.717) is 6.54 Å². The molecule has 0 unspecified atom stereocenters. The molecule has 0 radical (unpaired) electrons. The number of hydrogen-bond donors (Lipinski definition) is 1. The molecule has 90 valence electrons. The van der Waals surface area contributed by atoms with E-state index in [2.05, 4.69) is 21.2 Å². The maximum absolute atomic E-state index is 5.90. The van der Waals surface area contributed by atoms with Gasteiger partial charge in [-0.3, -0.25) is 0 Å². The number of benzene rings is 1. The lowest BCUT2D eigenvalue weighted by atomic mass is 10.2. The quantitative estimate of drug-likeness (QED) is 0.820. The van der Waals surface area contributed by atoms with Crippen LogP contribution in [-0.2, 0) is 16.0 Å². The third-order valence-electron chi connectivity index (χ3n) is 2.15. The summed E-state index contributed by atoms with van der Waals surface area (Å²) in [5, 5.41) is 3.95. The second-order valence-electron chi connectivity index (χ2n) is 3.28. The van der Waals surface area contributed by atoms with E-state index in [9.17, 15) is 0 Å². The van der Waals surface area contributed by atoms with Crippen LogP contribution in [0.15, 0.2) is 22.7 Å². The average molecular weight is 309 g/mol. The third kappa shape index (κ3) is 4.39. The molecule has 16 heavy (non-hydrogen) atoms. The van der Waals surface area contributed by atoms with E-state index in [0.717, 1.165) is 21.6 Å². The smallest absolute Gasteiger partial charge is 0.169 e. The summed E-state index contributed by atoms with van der Waals surface area (Å²) in [4.78, 5) is 0. The number of halogens is 2. The lowest BCUT2D eigenvalue weighted by Crippen LogP contribution is -2.29. The van der Waals surface area contributed by atoms with Crippen LogP contribution in [0.3, 0.4) is 0 Å². The van der Waals surface area contributed by atoms with Crippen molar-refractivity contribution in [1.82, 2.24) is 5.32 Å². The molecule has 1 aromatic rings. The van der Waals surface area contributed by atoms with Crippen molar-refractivity contribution in [2.45, 2.75) is 12.8 Å². The zero-order valence-electron chi connectivity index (χ0n) is 9.30. The van der Waals surface area contributed by atoms with Crippen LogP contribution in [0.4, 0.5) is 0 Å². The molecule has 1 N–H and O–H groups in total. The van der Waals surface area contributed by atoms with Crippen molar-refractivity contribution in [2.75, 3.05) is 20.8 Å². The molecule has 1 aromatic carbocycles. The molecule has 0 amide bonds. The van der Waals surface area contributed by atoms with Gasteiger partial charge in [0.1, 0.15) is 0 Å². The van der Waals surface area contributed by atoms with E-state index in [4.69, 9.17) is 21.1 Å². The van der Waals surface area contributed by atoms with Crippen molar-refractivity contribution in [2.24, 2.45) is 0 Å². The Labute approximate surface area is 109 Å². The summed E-state index contributed by atoms with van der Waals surface area (Å²) in [6, 6.07) is 5.84. The van der Waals surface area contributed by atoms with Gasteiger partial charge in [0, 0.05) is 31.8 Å². The van der Waals surface area contributed by atoms with E-state index in [1.165, 1.54) is 0 Å². The Balaban J connectivity index is 2.40. The fourth-order valence-electron chi connectivity index (χ4n) is 1.25. The van der Waals surface area contributed by atoms with Gasteiger partial charge in [-0.05, 0) is 33.6 Å². The molecule has 5 heteroatoms. The predicted octanol–water partition coefficient (Wildman–Crippen LogP) is 2.81. The van der Waals surface area contributed by atoms with Crippen LogP contribution >= 0.6 is 27.5 Å². The van der Waals surface area contributed by atoms with E-state index in [-0.39, 0.29) is 6.29 Å². The maximum atomic E-state index is 5.90. The van der Waals surface area contributed by atoms with Crippen LogP contribution in [0.2, 0.25) is 5.02 Å². The SMILES string of the molecule is COC(CNCc1ccc(Cl)c(Br)c1)OC. The van der Waals surface area contributed by atoms with E-state index in [1.807, 2.05) is 18.2 Å². The second kappa shape index (κ2) is 7.25. The van der Waals surface area contributed by atoms with Gasteiger partial charge in [0.25, 0.3) is 0 Å². The number of ether oxygens (including phenoxy) is 2. The molecule has 0 aliphatic rings. The van der Waals surface area contributed by atoms with Gasteiger partial charge in [-0.2, -0.15) is 0 Å². The summed E-state index contributed by atoms with van der Waals surface area (Å²) in [7, 11) is 3.24. The second-order valence-corrected chi connectivity index (χ2v) is 4.54. The molecule has 0 heterocycles. The number of nitrogens with one attached hydrogen (secondary N) is 1. The first-order valence-electron chi connectivity index (χ1n) is 4.87. The normalized spacial score (nSPS) is 11.1. The summed E-state index contributed by atoms with van der Waals surface area (Å²) >= 11 is 9.29. The van der Waals surface area contributed by atoms with E-state index >= 15 is 0 Å². The van der Waals surface area contributed by atoms with E-state index < -0.39 is 0 Å². The summed E-state index contributed by atoms with van der Waals surface area (Å²) in [6.07, 6.45) is -0.212. The Morgan fingerprint density at radius 2 is 2.06 bits per heavy atom. The number of hydrogen-bond acceptors (Lipinski definition) is 3. The van der Waals surface area contributed by atoms with Gasteiger partial charge in [0.15, 0.2) is 6.29 Å². The zero-order valence-corrected chi connectivity index (χ0v) is 11.6. The monoisotopic (exact) mass is 307 g/mol. The minimum absolute atomic E-state index is 0.212. The van der Waals surface area contributed by atoms with Crippen LogP contribution in [0, 0.1) is 0 Å². The van der Waals surface area contributed by atoms with Crippen LogP contribution in [0.25, 0.3) is 0 Å². The minimum atomic E-state index is -0.212. The first-order valence-corrected chi connectivity index (χ1v) is 6.04. The van der Waals surface area contributed by atoms with Gasteiger partial charge in [-0.15, -0.1) is 0 Å². The van der Waals surface area contributed by atoms with Gasteiger partial charge < -0.3 is 14.8 Å². The van der Waals surface area contributed by atoms with E-state index in [1.54, 1.807) is 14.2 Å². The molecule has 0 saturated carbocycles. The topological polar surface area (TPSA) is 30.5 Å². The summed E-state index contributed by atoms with van der Waals surface area (Å²) in [5.74, 6) is 0. The Morgan fingerprint density at radius 3 is 2.62 bits per heavy atom. The maximum Gasteiger partial charge on any atom is 0.169 e. The highest BCUT2D eigenvalue weighted by atomic mass is 79.9. The highest BCUT2D eigenvalue weighted by molar-refractivity contribution is 9.10. The van der Waals surface area contributed by atoms with Gasteiger partial charge in [0.05, 0.1) is 5.02 Å². The van der Waals surface area contributed by atoms with Gasteiger partial charge in [-0.25, -0.2) is 0 Å². The fraction of sp³-hybridized carbons (Fsp3) is 0.455. The standard InChI is InChI=1S/C11H15BrClNO2/c1-15-11(16-2)7-14-6-8-3-4-10(13)9(12)5-8/h3-5,11,14H,6-7H2,1-2H3. The molecule has 1 rings (SSSR count). The molecule has 0 aliphatic carbocycles. The summed E-state index contributed by atoms with van der Waals surface area (Å²) < 4.78 is 11.0. The Hall–Kier alpha value is -0.130. The zero-order chi connectivity index (χ0) is 12.0. The highest BCUT2D eigenvalue weighted by Crippen LogP contribution is 2.23. The Bertz CT molecular complexity index is 332. The highest BCUT2D eigenvalue weighted by Gasteiger charge is 2.04. The lowest BCUT2D eigenvalue weighted by molar-refractivity contribution is -0.0989. The van der Waals surface area contributed by atoms with Crippen LogP contribution < -0.4 is 5.32 Å². The van der Waals surface area contributed by atoms with Crippen molar-refractivity contribution >= 4 is 27.5 Å². The molecule has 0 atom stereocenters. The predicted molar refractivity (Wildman–Crippen MR) is 68.7 cm³/mol. The van der Waals surface area contributed by atoms with Crippen LogP contribution in [0.1, 0.15) is 5.56 Å². The molecule has 0 saturated heterocycles. The molecule has 0 spiro atoms. The van der Waals surface area contributed by atoms with Gasteiger partial charge in [-0.1, -0.05) is 17.7 Å².